The Balaban J connectivity index is 1.88. The van der Waals surface area contributed by atoms with E-state index in [9.17, 15) is 23.1 Å². The summed E-state index contributed by atoms with van der Waals surface area (Å²) in [6, 6.07) is 9.57. The first kappa shape index (κ1) is 22.7. The summed E-state index contributed by atoms with van der Waals surface area (Å²) in [5, 5.41) is 10.4. The zero-order chi connectivity index (χ0) is 22.8. The Bertz CT molecular complexity index is 1280. The quantitative estimate of drug-likeness (QED) is 0.511. The largest absolute Gasteiger partial charge is 0.491 e. The number of pyridine rings is 1. The third-order valence-corrected chi connectivity index (χ3v) is 6.69. The van der Waals surface area contributed by atoms with Crippen LogP contribution in [-0.4, -0.2) is 57.7 Å². The van der Waals surface area contributed by atoms with Gasteiger partial charge in [-0.2, -0.15) is 4.31 Å². The van der Waals surface area contributed by atoms with Crippen LogP contribution in [0.2, 0.25) is 0 Å². The molecule has 3 aromatic rings. The summed E-state index contributed by atoms with van der Waals surface area (Å²) in [6.45, 7) is 3.04. The van der Waals surface area contributed by atoms with E-state index in [4.69, 9.17) is 4.74 Å². The predicted octanol–water partition coefficient (Wildman–Crippen LogP) is 0.461. The number of benzene rings is 1. The maximum absolute atomic E-state index is 13.2. The van der Waals surface area contributed by atoms with E-state index in [2.05, 4.69) is 9.97 Å². The van der Waals surface area contributed by atoms with E-state index < -0.39 is 33.4 Å². The summed E-state index contributed by atoms with van der Waals surface area (Å²) in [4.78, 5) is 29.8. The van der Waals surface area contributed by atoms with Crippen molar-refractivity contribution in [1.82, 2.24) is 18.8 Å². The SMILES string of the molecule is CC(C)N(CC(O)COc1ccccc1)S(=O)(=O)c1cnc2c(c1)c(=O)[nH]c(=O)n2C. The molecule has 0 aliphatic carbocycles. The van der Waals surface area contributed by atoms with E-state index in [0.717, 1.165) is 15.1 Å². The standard InChI is InChI=1S/C20H24N4O6S/c1-13(2)24(11-14(25)12-30-15-7-5-4-6-8-15)31(28,29)16-9-17-18(21-10-16)23(3)20(27)22-19(17)26/h4-10,13-14,25H,11-12H2,1-3H3,(H,22,26,27). The minimum absolute atomic E-state index is 0.0279. The van der Waals surface area contributed by atoms with Crippen molar-refractivity contribution < 1.29 is 18.3 Å². The number of sulfonamides is 1. The van der Waals surface area contributed by atoms with E-state index in [1.165, 1.54) is 13.1 Å². The summed E-state index contributed by atoms with van der Waals surface area (Å²) >= 11 is 0. The maximum Gasteiger partial charge on any atom is 0.329 e. The monoisotopic (exact) mass is 448 g/mol. The number of rotatable bonds is 8. The van der Waals surface area contributed by atoms with Crippen LogP contribution in [0, 0.1) is 0 Å². The van der Waals surface area contributed by atoms with Gasteiger partial charge in [-0.25, -0.2) is 18.2 Å². The number of aryl methyl sites for hydroxylation is 1. The molecule has 10 nitrogen and oxygen atoms in total. The van der Waals surface area contributed by atoms with Crippen LogP contribution in [0.25, 0.3) is 11.0 Å². The average molecular weight is 449 g/mol. The summed E-state index contributed by atoms with van der Waals surface area (Å²) in [5.74, 6) is 0.559. The highest BCUT2D eigenvalue weighted by atomic mass is 32.2. The second kappa shape index (κ2) is 9.00. The number of aromatic nitrogens is 3. The smallest absolute Gasteiger partial charge is 0.329 e. The van der Waals surface area contributed by atoms with Crippen LogP contribution in [0.4, 0.5) is 0 Å². The molecule has 2 aromatic heterocycles. The van der Waals surface area contributed by atoms with Crippen LogP contribution in [0.5, 0.6) is 5.75 Å². The first-order valence-corrected chi connectivity index (χ1v) is 11.0. The molecular weight excluding hydrogens is 424 g/mol. The van der Waals surface area contributed by atoms with Crippen molar-refractivity contribution in [2.45, 2.75) is 30.9 Å². The summed E-state index contributed by atoms with van der Waals surface area (Å²) in [6.07, 6.45) is 0.00806. The molecule has 11 heteroatoms. The molecule has 31 heavy (non-hydrogen) atoms. The van der Waals surface area contributed by atoms with Crippen LogP contribution in [-0.2, 0) is 17.1 Å². The fourth-order valence-electron chi connectivity index (χ4n) is 3.05. The lowest BCUT2D eigenvalue weighted by molar-refractivity contribution is 0.0840. The number of aliphatic hydroxyl groups excluding tert-OH is 1. The molecule has 0 bridgehead atoms. The lowest BCUT2D eigenvalue weighted by Crippen LogP contribution is -2.43. The highest BCUT2D eigenvalue weighted by molar-refractivity contribution is 7.89. The molecule has 0 aliphatic heterocycles. The fraction of sp³-hybridized carbons (Fsp3) is 0.350. The number of ether oxygens (including phenoxy) is 1. The molecule has 0 saturated heterocycles. The highest BCUT2D eigenvalue weighted by Gasteiger charge is 2.30. The van der Waals surface area contributed by atoms with Crippen LogP contribution in [0.1, 0.15) is 13.8 Å². The van der Waals surface area contributed by atoms with E-state index in [1.807, 2.05) is 6.07 Å². The number of H-pyrrole nitrogens is 1. The Hall–Kier alpha value is -3.02. The molecule has 0 radical (unpaired) electrons. The molecule has 1 atom stereocenters. The zero-order valence-electron chi connectivity index (χ0n) is 17.3. The van der Waals surface area contributed by atoms with Crippen molar-refractivity contribution in [3.8, 4) is 5.75 Å². The van der Waals surface area contributed by atoms with Crippen molar-refractivity contribution in [2.75, 3.05) is 13.2 Å². The van der Waals surface area contributed by atoms with Crippen molar-refractivity contribution >= 4 is 21.1 Å². The Labute approximate surface area is 178 Å². The number of aromatic amines is 1. The van der Waals surface area contributed by atoms with Gasteiger partial charge in [-0.15, -0.1) is 0 Å². The van der Waals surface area contributed by atoms with Crippen molar-refractivity contribution in [3.05, 3.63) is 63.4 Å². The molecule has 2 N–H and O–H groups in total. The van der Waals surface area contributed by atoms with Gasteiger partial charge in [-0.05, 0) is 32.0 Å². The number of aliphatic hydroxyl groups is 1. The number of hydrogen-bond acceptors (Lipinski definition) is 7. The summed E-state index contributed by atoms with van der Waals surface area (Å²) in [7, 11) is -2.67. The molecule has 166 valence electrons. The van der Waals surface area contributed by atoms with Crippen molar-refractivity contribution in [2.24, 2.45) is 7.05 Å². The maximum atomic E-state index is 13.2. The second-order valence-electron chi connectivity index (χ2n) is 7.31. The van der Waals surface area contributed by atoms with Gasteiger partial charge in [0.1, 0.15) is 29.0 Å². The minimum Gasteiger partial charge on any atom is -0.491 e. The highest BCUT2D eigenvalue weighted by Crippen LogP contribution is 2.20. The zero-order valence-corrected chi connectivity index (χ0v) is 18.2. The summed E-state index contributed by atoms with van der Waals surface area (Å²) in [5.41, 5.74) is -1.30. The minimum atomic E-state index is -4.09. The van der Waals surface area contributed by atoms with E-state index in [-0.39, 0.29) is 29.1 Å². The Morgan fingerprint density at radius 3 is 2.55 bits per heavy atom. The molecule has 0 amide bonds. The molecule has 0 saturated carbocycles. The fourth-order valence-corrected chi connectivity index (χ4v) is 4.70. The van der Waals surface area contributed by atoms with Gasteiger partial charge in [-0.3, -0.25) is 14.3 Å². The molecule has 0 aliphatic rings. The summed E-state index contributed by atoms with van der Waals surface area (Å²) < 4.78 is 34.2. The Morgan fingerprint density at radius 2 is 1.90 bits per heavy atom. The van der Waals surface area contributed by atoms with Crippen LogP contribution in [0.15, 0.2) is 57.1 Å². The van der Waals surface area contributed by atoms with Gasteiger partial charge >= 0.3 is 5.69 Å². The first-order chi connectivity index (χ1) is 14.6. The Kier molecular flexibility index (Phi) is 6.58. The molecule has 1 aromatic carbocycles. The second-order valence-corrected chi connectivity index (χ2v) is 9.20. The topological polar surface area (TPSA) is 135 Å². The van der Waals surface area contributed by atoms with Gasteiger partial charge in [0.05, 0.1) is 5.39 Å². The number of nitrogens with one attached hydrogen (secondary N) is 1. The first-order valence-electron chi connectivity index (χ1n) is 9.58. The number of hydrogen-bond donors (Lipinski definition) is 2. The van der Waals surface area contributed by atoms with Crippen molar-refractivity contribution in [3.63, 3.8) is 0 Å². The molecule has 0 fully saturated rings. The molecule has 0 spiro atoms. The van der Waals surface area contributed by atoms with Gasteiger partial charge in [0, 0.05) is 25.8 Å². The van der Waals surface area contributed by atoms with Gasteiger partial charge in [0.2, 0.25) is 10.0 Å². The van der Waals surface area contributed by atoms with Crippen LogP contribution < -0.4 is 16.0 Å². The van der Waals surface area contributed by atoms with E-state index >= 15 is 0 Å². The lowest BCUT2D eigenvalue weighted by atomic mass is 10.3. The number of nitrogens with zero attached hydrogens (tertiary/aromatic N) is 3. The van der Waals surface area contributed by atoms with Gasteiger partial charge in [-0.1, -0.05) is 18.2 Å². The third kappa shape index (κ3) is 4.84. The van der Waals surface area contributed by atoms with Gasteiger partial charge < -0.3 is 9.84 Å². The molecular formula is C20H24N4O6S. The number of fused-ring (bicyclic) bond motifs is 1. The Morgan fingerprint density at radius 1 is 1.23 bits per heavy atom. The van der Waals surface area contributed by atoms with E-state index in [0.29, 0.717) is 5.75 Å². The van der Waals surface area contributed by atoms with Gasteiger partial charge in [0.15, 0.2) is 0 Å². The molecule has 1 unspecified atom stereocenters. The predicted molar refractivity (Wildman–Crippen MR) is 115 cm³/mol. The van der Waals surface area contributed by atoms with Crippen molar-refractivity contribution in [1.29, 1.82) is 0 Å². The average Bonchev–Trinajstić information content (AvgIpc) is 2.74. The lowest BCUT2D eigenvalue weighted by Gasteiger charge is -2.28. The third-order valence-electron chi connectivity index (χ3n) is 4.69. The van der Waals surface area contributed by atoms with Crippen LogP contribution >= 0.6 is 0 Å². The normalized spacial score (nSPS) is 13.1. The van der Waals surface area contributed by atoms with Crippen LogP contribution in [0.3, 0.4) is 0 Å². The van der Waals surface area contributed by atoms with Gasteiger partial charge in [0.25, 0.3) is 5.56 Å². The number of para-hydroxylation sites is 1. The molecule has 3 rings (SSSR count). The molecule has 2 heterocycles. The van der Waals surface area contributed by atoms with E-state index in [1.54, 1.807) is 38.1 Å².